The first-order valence-corrected chi connectivity index (χ1v) is 16.3. The van der Waals surface area contributed by atoms with Crippen LogP contribution in [0.1, 0.15) is 77.9 Å². The summed E-state index contributed by atoms with van der Waals surface area (Å²) < 4.78 is 0. The van der Waals surface area contributed by atoms with Crippen LogP contribution in [0.25, 0.3) is 33.0 Å². The molecule has 0 N–H and O–H groups in total. The molecule has 0 saturated heterocycles. The van der Waals surface area contributed by atoms with Gasteiger partial charge in [0.05, 0.1) is 5.41 Å². The van der Waals surface area contributed by atoms with Gasteiger partial charge in [-0.25, -0.2) is 0 Å². The lowest BCUT2D eigenvalue weighted by Gasteiger charge is -2.36. The largest absolute Gasteiger partial charge is 0.0714 e. The Balaban J connectivity index is 1.61. The third-order valence-electron chi connectivity index (χ3n) is 11.0. The van der Waals surface area contributed by atoms with Crippen LogP contribution in [0.15, 0.2) is 84.9 Å². The topological polar surface area (TPSA) is 0 Å². The highest BCUT2D eigenvalue weighted by atomic mass is 14.5. The van der Waals surface area contributed by atoms with E-state index in [1.165, 1.54) is 111 Å². The predicted molar refractivity (Wildman–Crippen MR) is 194 cm³/mol. The smallest absolute Gasteiger partial charge is 0.0587 e. The van der Waals surface area contributed by atoms with Crippen molar-refractivity contribution in [2.75, 3.05) is 0 Å². The first-order chi connectivity index (χ1) is 21.4. The molecule has 0 unspecified atom stereocenters. The van der Waals surface area contributed by atoms with Crippen molar-refractivity contribution in [2.24, 2.45) is 0 Å². The van der Waals surface area contributed by atoms with Gasteiger partial charge in [-0.2, -0.15) is 0 Å². The zero-order valence-corrected chi connectivity index (χ0v) is 28.6. The molecule has 7 rings (SSSR count). The van der Waals surface area contributed by atoms with Crippen LogP contribution in [0, 0.1) is 69.2 Å². The fraction of sp³-hybridized carbons (Fsp3) is 0.244. The monoisotopic (exact) mass is 584 g/mol. The summed E-state index contributed by atoms with van der Waals surface area (Å²) in [7, 11) is 0. The van der Waals surface area contributed by atoms with Crippen molar-refractivity contribution in [1.29, 1.82) is 0 Å². The van der Waals surface area contributed by atoms with E-state index in [0.717, 1.165) is 0 Å². The molecule has 0 atom stereocenters. The van der Waals surface area contributed by atoms with E-state index >= 15 is 0 Å². The number of hydrogen-bond acceptors (Lipinski definition) is 0. The average Bonchev–Trinajstić information content (AvgIpc) is 3.28. The Morgan fingerprint density at radius 3 is 1.42 bits per heavy atom. The molecule has 45 heavy (non-hydrogen) atoms. The molecule has 0 heterocycles. The molecule has 0 aliphatic heterocycles. The van der Waals surface area contributed by atoms with Gasteiger partial charge in [0.2, 0.25) is 0 Å². The Hall–Kier alpha value is -4.42. The number of aryl methyl sites for hydroxylation is 8. The highest BCUT2D eigenvalue weighted by Crippen LogP contribution is 2.57. The summed E-state index contributed by atoms with van der Waals surface area (Å²) in [6.45, 7) is 22.5. The quantitative estimate of drug-likeness (QED) is 0.194. The predicted octanol–water partition coefficient (Wildman–Crippen LogP) is 12.0. The minimum absolute atomic E-state index is 0.432. The second-order valence-corrected chi connectivity index (χ2v) is 14.0. The van der Waals surface area contributed by atoms with Crippen molar-refractivity contribution in [3.63, 3.8) is 0 Å². The standard InChI is InChI=1S/C45H44/c1-25-11-13-39-40-14-12-35(36-18-32(8)41-16-26(2)15-31(7)42(41)23-36)24-44(40)45(43(39)17-25,37-19-27(3)33(9)28(4)20-37)38-21-29(5)34(10)30(6)22-38/h11-24H,1-10H3. The molecule has 0 spiro atoms. The lowest BCUT2D eigenvalue weighted by Crippen LogP contribution is -2.29. The molecule has 0 fully saturated rings. The number of hydrogen-bond donors (Lipinski definition) is 0. The summed E-state index contributed by atoms with van der Waals surface area (Å²) in [5.74, 6) is 0. The zero-order chi connectivity index (χ0) is 31.9. The summed E-state index contributed by atoms with van der Waals surface area (Å²) >= 11 is 0. The third-order valence-corrected chi connectivity index (χ3v) is 11.0. The summed E-state index contributed by atoms with van der Waals surface area (Å²) in [4.78, 5) is 0. The van der Waals surface area contributed by atoms with Crippen molar-refractivity contribution in [3.8, 4) is 22.3 Å². The van der Waals surface area contributed by atoms with Crippen LogP contribution in [0.5, 0.6) is 0 Å². The van der Waals surface area contributed by atoms with E-state index in [1.54, 1.807) is 0 Å². The molecule has 224 valence electrons. The van der Waals surface area contributed by atoms with Gasteiger partial charge in [0, 0.05) is 0 Å². The number of fused-ring (bicyclic) bond motifs is 4. The summed E-state index contributed by atoms with van der Waals surface area (Å²) in [6.07, 6.45) is 0. The van der Waals surface area contributed by atoms with E-state index in [9.17, 15) is 0 Å². The molecule has 0 bridgehead atoms. The van der Waals surface area contributed by atoms with Crippen LogP contribution in [-0.4, -0.2) is 0 Å². The second-order valence-electron chi connectivity index (χ2n) is 14.0. The summed E-state index contributed by atoms with van der Waals surface area (Å²) in [5.41, 5.74) is 23.7. The Morgan fingerprint density at radius 2 is 0.844 bits per heavy atom. The minimum atomic E-state index is -0.432. The summed E-state index contributed by atoms with van der Waals surface area (Å²) in [5, 5.41) is 2.70. The van der Waals surface area contributed by atoms with Crippen LogP contribution >= 0.6 is 0 Å². The van der Waals surface area contributed by atoms with Gasteiger partial charge in [-0.15, -0.1) is 0 Å². The van der Waals surface area contributed by atoms with E-state index < -0.39 is 5.41 Å². The van der Waals surface area contributed by atoms with Crippen molar-refractivity contribution < 1.29 is 0 Å². The van der Waals surface area contributed by atoms with Gasteiger partial charge in [0.15, 0.2) is 0 Å². The van der Waals surface area contributed by atoms with Gasteiger partial charge >= 0.3 is 0 Å². The molecule has 1 aliphatic carbocycles. The SMILES string of the molecule is Cc1ccc2c(c1)C(c1cc(C)c(C)c(C)c1)(c1cc(C)c(C)c(C)c1)c1cc(-c3cc(C)c4cc(C)cc(C)c4c3)ccc1-2. The van der Waals surface area contributed by atoms with Gasteiger partial charge in [-0.3, -0.25) is 0 Å². The minimum Gasteiger partial charge on any atom is -0.0587 e. The van der Waals surface area contributed by atoms with Crippen LogP contribution in [0.2, 0.25) is 0 Å². The van der Waals surface area contributed by atoms with Gasteiger partial charge in [-0.1, -0.05) is 83.9 Å². The van der Waals surface area contributed by atoms with E-state index in [4.69, 9.17) is 0 Å². The molecule has 0 nitrogen and oxygen atoms in total. The zero-order valence-electron chi connectivity index (χ0n) is 28.6. The molecule has 1 aliphatic rings. The lowest BCUT2D eigenvalue weighted by atomic mass is 9.66. The van der Waals surface area contributed by atoms with Crippen molar-refractivity contribution in [1.82, 2.24) is 0 Å². The van der Waals surface area contributed by atoms with Crippen molar-refractivity contribution in [3.05, 3.63) is 163 Å². The maximum atomic E-state index is 2.52. The first-order valence-electron chi connectivity index (χ1n) is 16.3. The lowest BCUT2D eigenvalue weighted by molar-refractivity contribution is 0.761. The second kappa shape index (κ2) is 10.3. The number of benzene rings is 6. The normalized spacial score (nSPS) is 13.3. The van der Waals surface area contributed by atoms with Crippen LogP contribution < -0.4 is 0 Å². The van der Waals surface area contributed by atoms with Gasteiger partial charge in [0.25, 0.3) is 0 Å². The van der Waals surface area contributed by atoms with Crippen LogP contribution in [-0.2, 0) is 5.41 Å². The molecular formula is C45H44. The van der Waals surface area contributed by atoms with Gasteiger partial charge in [0.1, 0.15) is 0 Å². The van der Waals surface area contributed by atoms with Crippen molar-refractivity contribution in [2.45, 2.75) is 74.7 Å². The summed E-state index contributed by atoms with van der Waals surface area (Å²) in [6, 6.07) is 33.6. The Bertz CT molecular complexity index is 2100. The molecule has 6 aromatic rings. The maximum absolute atomic E-state index is 2.52. The molecular weight excluding hydrogens is 540 g/mol. The molecule has 0 heteroatoms. The molecule has 0 saturated carbocycles. The molecule has 0 radical (unpaired) electrons. The van der Waals surface area contributed by atoms with E-state index in [2.05, 4.69) is 154 Å². The highest BCUT2D eigenvalue weighted by molar-refractivity contribution is 5.94. The first kappa shape index (κ1) is 29.3. The van der Waals surface area contributed by atoms with Crippen molar-refractivity contribution >= 4 is 10.8 Å². The van der Waals surface area contributed by atoms with E-state index in [1.807, 2.05) is 0 Å². The van der Waals surface area contributed by atoms with E-state index in [0.29, 0.717) is 0 Å². The fourth-order valence-corrected chi connectivity index (χ4v) is 8.08. The molecule has 0 amide bonds. The highest BCUT2D eigenvalue weighted by Gasteiger charge is 2.47. The van der Waals surface area contributed by atoms with E-state index in [-0.39, 0.29) is 0 Å². The van der Waals surface area contributed by atoms with Crippen LogP contribution in [0.3, 0.4) is 0 Å². The Labute approximate surface area is 269 Å². The Kier molecular flexibility index (Phi) is 6.71. The van der Waals surface area contributed by atoms with Crippen LogP contribution in [0.4, 0.5) is 0 Å². The number of rotatable bonds is 3. The molecule has 0 aromatic heterocycles. The fourth-order valence-electron chi connectivity index (χ4n) is 8.08. The van der Waals surface area contributed by atoms with Gasteiger partial charge < -0.3 is 0 Å². The third kappa shape index (κ3) is 4.33. The molecule has 6 aromatic carbocycles. The van der Waals surface area contributed by atoms with Gasteiger partial charge in [-0.05, 0) is 181 Å². The maximum Gasteiger partial charge on any atom is 0.0714 e. The Morgan fingerprint density at radius 1 is 0.356 bits per heavy atom. The average molecular weight is 585 g/mol.